The highest BCUT2D eigenvalue weighted by Gasteiger charge is 2.51. The third kappa shape index (κ3) is 2.83. The molecule has 4 atom stereocenters. The molecular formula is C22H28O4. The van der Waals surface area contributed by atoms with Crippen molar-refractivity contribution in [2.75, 3.05) is 0 Å². The molecule has 3 aliphatic rings. The highest BCUT2D eigenvalue weighted by Crippen LogP contribution is 2.62. The SMILES string of the molecule is CC(=O)Oc1ccc(OC(C)=O)c2c1CC[C@@H]1[C@@H]2CC[C@]2(C)CCC[C@@H]12. The Morgan fingerprint density at radius 1 is 1.00 bits per heavy atom. The van der Waals surface area contributed by atoms with Crippen molar-refractivity contribution in [2.24, 2.45) is 17.3 Å². The van der Waals surface area contributed by atoms with E-state index < -0.39 is 0 Å². The molecule has 0 saturated heterocycles. The van der Waals surface area contributed by atoms with E-state index in [1.54, 1.807) is 6.07 Å². The molecule has 1 aromatic carbocycles. The predicted molar refractivity (Wildman–Crippen MR) is 98.3 cm³/mol. The number of carbonyl (C=O) groups excluding carboxylic acids is 2. The molecule has 4 heteroatoms. The van der Waals surface area contributed by atoms with Crippen molar-refractivity contribution >= 4 is 11.9 Å². The van der Waals surface area contributed by atoms with Gasteiger partial charge < -0.3 is 9.47 Å². The van der Waals surface area contributed by atoms with Crippen LogP contribution >= 0.6 is 0 Å². The molecule has 0 heterocycles. The fourth-order valence-corrected chi connectivity index (χ4v) is 6.13. The summed E-state index contributed by atoms with van der Waals surface area (Å²) in [5.74, 6) is 2.52. The maximum Gasteiger partial charge on any atom is 0.308 e. The standard InChI is InChI=1S/C22H28O4/c1-13(23)25-19-8-9-20(26-14(2)24)21-16-10-12-22(3)11-4-5-18(22)15(16)6-7-17(19)21/h8-9,15-16,18H,4-7,10-12H2,1-3H3/t15-,16+,18+,22+/m1/s1. The van der Waals surface area contributed by atoms with Gasteiger partial charge >= 0.3 is 11.9 Å². The summed E-state index contributed by atoms with van der Waals surface area (Å²) in [4.78, 5) is 23.2. The van der Waals surface area contributed by atoms with Gasteiger partial charge in [0.05, 0.1) is 0 Å². The molecule has 0 amide bonds. The minimum atomic E-state index is -0.304. The van der Waals surface area contributed by atoms with Gasteiger partial charge in [-0.05, 0) is 73.8 Å². The number of esters is 2. The van der Waals surface area contributed by atoms with E-state index in [4.69, 9.17) is 9.47 Å². The zero-order valence-corrected chi connectivity index (χ0v) is 16.0. The summed E-state index contributed by atoms with van der Waals surface area (Å²) in [6.45, 7) is 5.35. The molecule has 0 unspecified atom stereocenters. The van der Waals surface area contributed by atoms with Crippen LogP contribution in [0.3, 0.4) is 0 Å². The van der Waals surface area contributed by atoms with Gasteiger partial charge in [0.25, 0.3) is 0 Å². The Labute approximate surface area is 155 Å². The molecule has 2 saturated carbocycles. The molecular weight excluding hydrogens is 328 g/mol. The first-order valence-corrected chi connectivity index (χ1v) is 9.91. The largest absolute Gasteiger partial charge is 0.426 e. The molecule has 0 aliphatic heterocycles. The summed E-state index contributed by atoms with van der Waals surface area (Å²) in [6.07, 6.45) is 8.38. The Hall–Kier alpha value is -1.84. The highest BCUT2D eigenvalue weighted by molar-refractivity contribution is 5.73. The van der Waals surface area contributed by atoms with Crippen molar-refractivity contribution < 1.29 is 19.1 Å². The molecule has 0 aromatic heterocycles. The van der Waals surface area contributed by atoms with Crippen LogP contribution in [0.4, 0.5) is 0 Å². The molecule has 2 fully saturated rings. The Morgan fingerprint density at radius 2 is 1.69 bits per heavy atom. The topological polar surface area (TPSA) is 52.6 Å². The van der Waals surface area contributed by atoms with E-state index in [9.17, 15) is 9.59 Å². The van der Waals surface area contributed by atoms with Crippen molar-refractivity contribution in [2.45, 2.75) is 71.6 Å². The maximum atomic E-state index is 11.6. The van der Waals surface area contributed by atoms with Crippen molar-refractivity contribution in [1.82, 2.24) is 0 Å². The Balaban J connectivity index is 1.78. The van der Waals surface area contributed by atoms with Crippen LogP contribution in [0, 0.1) is 17.3 Å². The van der Waals surface area contributed by atoms with E-state index in [1.807, 2.05) is 6.07 Å². The zero-order valence-electron chi connectivity index (χ0n) is 16.0. The summed E-state index contributed by atoms with van der Waals surface area (Å²) in [5, 5.41) is 0. The fraction of sp³-hybridized carbons (Fsp3) is 0.636. The van der Waals surface area contributed by atoms with Gasteiger partial charge in [0.1, 0.15) is 11.5 Å². The molecule has 0 N–H and O–H groups in total. The lowest BCUT2D eigenvalue weighted by molar-refractivity contribution is -0.133. The maximum absolute atomic E-state index is 11.6. The summed E-state index contributed by atoms with van der Waals surface area (Å²) in [7, 11) is 0. The van der Waals surface area contributed by atoms with Gasteiger partial charge in [-0.1, -0.05) is 13.3 Å². The third-order valence-corrected chi connectivity index (χ3v) is 7.10. The van der Waals surface area contributed by atoms with Gasteiger partial charge in [-0.2, -0.15) is 0 Å². The summed E-state index contributed by atoms with van der Waals surface area (Å²) in [5.41, 5.74) is 2.68. The van der Waals surface area contributed by atoms with E-state index in [-0.39, 0.29) is 11.9 Å². The monoisotopic (exact) mass is 356 g/mol. The number of hydrogen-bond acceptors (Lipinski definition) is 4. The summed E-state index contributed by atoms with van der Waals surface area (Å²) >= 11 is 0. The summed E-state index contributed by atoms with van der Waals surface area (Å²) in [6, 6.07) is 3.59. The first-order valence-electron chi connectivity index (χ1n) is 9.91. The molecule has 0 radical (unpaired) electrons. The van der Waals surface area contributed by atoms with Crippen molar-refractivity contribution in [3.05, 3.63) is 23.3 Å². The Morgan fingerprint density at radius 3 is 2.42 bits per heavy atom. The van der Waals surface area contributed by atoms with Crippen LogP contribution in [0.25, 0.3) is 0 Å². The molecule has 26 heavy (non-hydrogen) atoms. The van der Waals surface area contributed by atoms with Crippen LogP contribution in [0.5, 0.6) is 11.5 Å². The molecule has 4 nitrogen and oxygen atoms in total. The van der Waals surface area contributed by atoms with Gasteiger partial charge in [0.15, 0.2) is 0 Å². The lowest BCUT2D eigenvalue weighted by Gasteiger charge is -2.49. The van der Waals surface area contributed by atoms with Gasteiger partial charge in [-0.15, -0.1) is 0 Å². The van der Waals surface area contributed by atoms with Crippen LogP contribution in [0.15, 0.2) is 12.1 Å². The average Bonchev–Trinajstić information content (AvgIpc) is 2.97. The van der Waals surface area contributed by atoms with Gasteiger partial charge in [0.2, 0.25) is 0 Å². The fourth-order valence-electron chi connectivity index (χ4n) is 6.13. The van der Waals surface area contributed by atoms with Gasteiger partial charge in [-0.3, -0.25) is 9.59 Å². The van der Waals surface area contributed by atoms with Crippen LogP contribution in [-0.2, 0) is 16.0 Å². The number of ether oxygens (including phenoxy) is 2. The van der Waals surface area contributed by atoms with Gasteiger partial charge in [0, 0.05) is 25.0 Å². The van der Waals surface area contributed by atoms with Crippen LogP contribution < -0.4 is 9.47 Å². The highest BCUT2D eigenvalue weighted by atomic mass is 16.5. The van der Waals surface area contributed by atoms with Gasteiger partial charge in [-0.25, -0.2) is 0 Å². The third-order valence-electron chi connectivity index (χ3n) is 7.10. The number of rotatable bonds is 2. The lowest BCUT2D eigenvalue weighted by Crippen LogP contribution is -2.39. The quantitative estimate of drug-likeness (QED) is 0.565. The number of hydrogen-bond donors (Lipinski definition) is 0. The zero-order chi connectivity index (χ0) is 18.5. The minimum Gasteiger partial charge on any atom is -0.426 e. The van der Waals surface area contributed by atoms with Crippen LogP contribution in [0.2, 0.25) is 0 Å². The summed E-state index contributed by atoms with van der Waals surface area (Å²) < 4.78 is 11.1. The second-order valence-corrected chi connectivity index (χ2v) is 8.64. The minimum absolute atomic E-state index is 0.295. The second-order valence-electron chi connectivity index (χ2n) is 8.64. The molecule has 0 spiro atoms. The average molecular weight is 356 g/mol. The molecule has 1 aromatic rings. The molecule has 4 rings (SSSR count). The predicted octanol–water partition coefficient (Wildman–Crippen LogP) is 4.78. The van der Waals surface area contributed by atoms with E-state index in [2.05, 4.69) is 6.92 Å². The normalized spacial score (nSPS) is 32.2. The van der Waals surface area contributed by atoms with E-state index in [1.165, 1.54) is 39.5 Å². The van der Waals surface area contributed by atoms with E-state index >= 15 is 0 Å². The smallest absolute Gasteiger partial charge is 0.308 e. The Bertz CT molecular complexity index is 753. The lowest BCUT2D eigenvalue weighted by atomic mass is 9.55. The second kappa shape index (κ2) is 6.40. The number of benzene rings is 1. The Kier molecular flexibility index (Phi) is 4.32. The molecule has 3 aliphatic carbocycles. The number of carbonyl (C=O) groups is 2. The number of fused-ring (bicyclic) bond motifs is 5. The first-order chi connectivity index (χ1) is 12.4. The molecule has 140 valence electrons. The van der Waals surface area contributed by atoms with Crippen molar-refractivity contribution in [1.29, 1.82) is 0 Å². The van der Waals surface area contributed by atoms with Crippen molar-refractivity contribution in [3.63, 3.8) is 0 Å². The van der Waals surface area contributed by atoms with E-state index in [0.29, 0.717) is 28.7 Å². The molecule has 0 bridgehead atoms. The first kappa shape index (κ1) is 17.6. The van der Waals surface area contributed by atoms with Crippen LogP contribution in [-0.4, -0.2) is 11.9 Å². The van der Waals surface area contributed by atoms with Crippen LogP contribution in [0.1, 0.15) is 76.3 Å². The van der Waals surface area contributed by atoms with E-state index in [0.717, 1.165) is 36.3 Å². The van der Waals surface area contributed by atoms with Crippen molar-refractivity contribution in [3.8, 4) is 11.5 Å².